The van der Waals surface area contributed by atoms with Crippen molar-refractivity contribution in [3.63, 3.8) is 0 Å². The topological polar surface area (TPSA) is 55.1 Å². The Labute approximate surface area is 91.8 Å². The first kappa shape index (κ1) is 10.9. The van der Waals surface area contributed by atoms with E-state index in [4.69, 9.17) is 5.84 Å². The van der Waals surface area contributed by atoms with Crippen molar-refractivity contribution < 1.29 is 4.79 Å². The predicted octanol–water partition coefficient (Wildman–Crippen LogP) is 2.12. The Hall–Kier alpha value is -0.570. The Kier molecular flexibility index (Phi) is 3.29. The predicted molar refractivity (Wildman–Crippen MR) is 59.8 cm³/mol. The van der Waals surface area contributed by atoms with E-state index in [2.05, 4.69) is 5.43 Å². The molecule has 2 saturated carbocycles. The van der Waals surface area contributed by atoms with Gasteiger partial charge in [-0.1, -0.05) is 32.1 Å². The highest BCUT2D eigenvalue weighted by molar-refractivity contribution is 5.82. The summed E-state index contributed by atoms with van der Waals surface area (Å²) in [5, 5.41) is 0. The molecule has 86 valence electrons. The molecule has 0 spiro atoms. The number of rotatable bonds is 2. The van der Waals surface area contributed by atoms with E-state index in [0.717, 1.165) is 12.8 Å². The maximum atomic E-state index is 12.0. The number of carbonyl (C=O) groups excluding carboxylic acids is 1. The van der Waals surface area contributed by atoms with Gasteiger partial charge in [0.15, 0.2) is 0 Å². The third kappa shape index (κ3) is 1.89. The third-order valence-corrected chi connectivity index (χ3v) is 4.47. The molecule has 2 aliphatic rings. The van der Waals surface area contributed by atoms with E-state index in [-0.39, 0.29) is 11.3 Å². The SMILES string of the molecule is NNC(=O)C1(C2CCCCC2)CCCC1. The summed E-state index contributed by atoms with van der Waals surface area (Å²) >= 11 is 0. The monoisotopic (exact) mass is 210 g/mol. The molecule has 3 N–H and O–H groups in total. The molecule has 2 rings (SSSR count). The lowest BCUT2D eigenvalue weighted by Gasteiger charge is -2.38. The fraction of sp³-hybridized carbons (Fsp3) is 0.917. The number of carbonyl (C=O) groups is 1. The van der Waals surface area contributed by atoms with E-state index >= 15 is 0 Å². The molecule has 2 aliphatic carbocycles. The zero-order valence-corrected chi connectivity index (χ0v) is 9.43. The molecule has 0 bridgehead atoms. The van der Waals surface area contributed by atoms with Gasteiger partial charge < -0.3 is 0 Å². The van der Waals surface area contributed by atoms with Crippen molar-refractivity contribution >= 4 is 5.91 Å². The lowest BCUT2D eigenvalue weighted by molar-refractivity contribution is -0.135. The highest BCUT2D eigenvalue weighted by Gasteiger charge is 2.46. The van der Waals surface area contributed by atoms with Crippen LogP contribution in [-0.4, -0.2) is 5.91 Å². The largest absolute Gasteiger partial charge is 0.294 e. The van der Waals surface area contributed by atoms with E-state index in [0.29, 0.717) is 5.92 Å². The maximum Gasteiger partial charge on any atom is 0.240 e. The van der Waals surface area contributed by atoms with Crippen LogP contribution in [0, 0.1) is 11.3 Å². The summed E-state index contributed by atoms with van der Waals surface area (Å²) < 4.78 is 0. The van der Waals surface area contributed by atoms with E-state index in [9.17, 15) is 4.79 Å². The van der Waals surface area contributed by atoms with Gasteiger partial charge in [0.05, 0.1) is 5.41 Å². The van der Waals surface area contributed by atoms with Gasteiger partial charge in [-0.05, 0) is 31.6 Å². The summed E-state index contributed by atoms with van der Waals surface area (Å²) in [6.45, 7) is 0. The Morgan fingerprint density at radius 2 is 1.67 bits per heavy atom. The minimum Gasteiger partial charge on any atom is -0.294 e. The van der Waals surface area contributed by atoms with Gasteiger partial charge in [-0.2, -0.15) is 0 Å². The van der Waals surface area contributed by atoms with E-state index in [1.165, 1.54) is 44.9 Å². The Morgan fingerprint density at radius 1 is 1.07 bits per heavy atom. The van der Waals surface area contributed by atoms with Crippen LogP contribution < -0.4 is 11.3 Å². The van der Waals surface area contributed by atoms with Gasteiger partial charge in [0.25, 0.3) is 0 Å². The molecule has 2 fully saturated rings. The summed E-state index contributed by atoms with van der Waals surface area (Å²) in [4.78, 5) is 12.0. The van der Waals surface area contributed by atoms with Crippen molar-refractivity contribution in [2.24, 2.45) is 17.2 Å². The zero-order valence-electron chi connectivity index (χ0n) is 9.43. The molecular formula is C12H22N2O. The summed E-state index contributed by atoms with van der Waals surface area (Å²) in [6.07, 6.45) is 10.9. The molecule has 0 saturated heterocycles. The van der Waals surface area contributed by atoms with Gasteiger partial charge in [0.1, 0.15) is 0 Å². The minimum absolute atomic E-state index is 0.102. The van der Waals surface area contributed by atoms with Crippen LogP contribution in [0.3, 0.4) is 0 Å². The molecule has 0 aromatic heterocycles. The average Bonchev–Trinajstić information content (AvgIpc) is 2.79. The van der Waals surface area contributed by atoms with Crippen LogP contribution in [0.15, 0.2) is 0 Å². The Morgan fingerprint density at radius 3 is 2.20 bits per heavy atom. The van der Waals surface area contributed by atoms with Gasteiger partial charge in [0, 0.05) is 0 Å². The number of amides is 1. The molecule has 0 atom stereocenters. The number of hydrogen-bond donors (Lipinski definition) is 2. The second-order valence-electron chi connectivity index (χ2n) is 5.17. The second-order valence-corrected chi connectivity index (χ2v) is 5.17. The first-order valence-electron chi connectivity index (χ1n) is 6.31. The molecule has 0 aliphatic heterocycles. The molecule has 15 heavy (non-hydrogen) atoms. The fourth-order valence-corrected chi connectivity index (χ4v) is 3.63. The smallest absolute Gasteiger partial charge is 0.240 e. The van der Waals surface area contributed by atoms with Crippen LogP contribution in [0.2, 0.25) is 0 Å². The number of hydrazine groups is 1. The molecule has 0 aromatic rings. The Balaban J connectivity index is 2.13. The van der Waals surface area contributed by atoms with Crippen molar-refractivity contribution in [3.05, 3.63) is 0 Å². The fourth-order valence-electron chi connectivity index (χ4n) is 3.63. The highest BCUT2D eigenvalue weighted by Crippen LogP contribution is 2.49. The van der Waals surface area contributed by atoms with Crippen molar-refractivity contribution in [2.45, 2.75) is 57.8 Å². The van der Waals surface area contributed by atoms with Crippen LogP contribution in [0.5, 0.6) is 0 Å². The lowest BCUT2D eigenvalue weighted by atomic mass is 9.67. The maximum absolute atomic E-state index is 12.0. The average molecular weight is 210 g/mol. The summed E-state index contributed by atoms with van der Waals surface area (Å²) in [5.74, 6) is 6.04. The Bertz CT molecular complexity index is 228. The normalized spacial score (nSPS) is 26.5. The molecule has 0 heterocycles. The molecule has 3 heteroatoms. The van der Waals surface area contributed by atoms with Gasteiger partial charge in [-0.3, -0.25) is 10.2 Å². The van der Waals surface area contributed by atoms with Gasteiger partial charge in [-0.15, -0.1) is 0 Å². The van der Waals surface area contributed by atoms with Crippen LogP contribution in [-0.2, 0) is 4.79 Å². The molecular weight excluding hydrogens is 188 g/mol. The minimum atomic E-state index is -0.102. The first-order valence-corrected chi connectivity index (χ1v) is 6.31. The van der Waals surface area contributed by atoms with Crippen molar-refractivity contribution in [1.82, 2.24) is 5.43 Å². The van der Waals surface area contributed by atoms with Crippen LogP contribution in [0.4, 0.5) is 0 Å². The second kappa shape index (κ2) is 4.52. The van der Waals surface area contributed by atoms with E-state index < -0.39 is 0 Å². The van der Waals surface area contributed by atoms with Crippen LogP contribution in [0.25, 0.3) is 0 Å². The molecule has 0 aromatic carbocycles. The van der Waals surface area contributed by atoms with Crippen LogP contribution in [0.1, 0.15) is 57.8 Å². The number of hydrogen-bond acceptors (Lipinski definition) is 2. The van der Waals surface area contributed by atoms with Gasteiger partial charge >= 0.3 is 0 Å². The summed E-state index contributed by atoms with van der Waals surface area (Å²) in [7, 11) is 0. The summed E-state index contributed by atoms with van der Waals surface area (Å²) in [6, 6.07) is 0. The first-order chi connectivity index (χ1) is 7.29. The van der Waals surface area contributed by atoms with Crippen molar-refractivity contribution in [1.29, 1.82) is 0 Å². The van der Waals surface area contributed by atoms with Crippen molar-refractivity contribution in [3.8, 4) is 0 Å². The zero-order chi connectivity index (χ0) is 10.7. The molecule has 1 amide bonds. The lowest BCUT2D eigenvalue weighted by Crippen LogP contribution is -2.47. The van der Waals surface area contributed by atoms with E-state index in [1.54, 1.807) is 0 Å². The van der Waals surface area contributed by atoms with Gasteiger partial charge in [0.2, 0.25) is 5.91 Å². The van der Waals surface area contributed by atoms with Gasteiger partial charge in [-0.25, -0.2) is 5.84 Å². The third-order valence-electron chi connectivity index (χ3n) is 4.47. The number of nitrogens with two attached hydrogens (primary N) is 1. The highest BCUT2D eigenvalue weighted by atomic mass is 16.2. The molecule has 0 unspecified atom stereocenters. The molecule has 3 nitrogen and oxygen atoms in total. The summed E-state index contributed by atoms with van der Waals surface area (Å²) in [5.41, 5.74) is 2.30. The number of nitrogens with one attached hydrogen (secondary N) is 1. The molecule has 0 radical (unpaired) electrons. The van der Waals surface area contributed by atoms with Crippen molar-refractivity contribution in [2.75, 3.05) is 0 Å². The van der Waals surface area contributed by atoms with E-state index in [1.807, 2.05) is 0 Å². The van der Waals surface area contributed by atoms with Crippen LogP contribution >= 0.6 is 0 Å². The quantitative estimate of drug-likeness (QED) is 0.417. The standard InChI is InChI=1S/C12H22N2O/c13-14-11(15)12(8-4-5-9-12)10-6-2-1-3-7-10/h10H,1-9,13H2,(H,14,15).